The number of nitrogens with one attached hydrogen (secondary N) is 1. The number of ether oxygens (including phenoxy) is 2. The molecule has 0 spiro atoms. The molecule has 0 unspecified atom stereocenters. The fourth-order valence-electron chi connectivity index (χ4n) is 2.23. The molecule has 2 N–H and O–H groups in total. The predicted octanol–water partition coefficient (Wildman–Crippen LogP) is 3.22. The molecule has 0 bridgehead atoms. The summed E-state index contributed by atoms with van der Waals surface area (Å²) in [7, 11) is 1.37. The van der Waals surface area contributed by atoms with Crippen molar-refractivity contribution in [3.8, 4) is 11.5 Å². The van der Waals surface area contributed by atoms with Crippen LogP contribution in [0.15, 0.2) is 36.4 Å². The van der Waals surface area contributed by atoms with Crippen molar-refractivity contribution < 1.29 is 27.8 Å². The van der Waals surface area contributed by atoms with Gasteiger partial charge in [-0.1, -0.05) is 12.1 Å². The van der Waals surface area contributed by atoms with Gasteiger partial charge in [0.05, 0.1) is 13.7 Å². The Morgan fingerprint density at radius 1 is 1.04 bits per heavy atom. The lowest BCUT2D eigenvalue weighted by Gasteiger charge is -2.12. The third kappa shape index (κ3) is 4.87. The number of aliphatic hydroxyl groups excluding tert-OH is 1. The molecule has 0 aliphatic heterocycles. The molecule has 2 rings (SSSR count). The molecule has 0 saturated heterocycles. The van der Waals surface area contributed by atoms with Crippen LogP contribution in [0.25, 0.3) is 0 Å². The van der Waals surface area contributed by atoms with Gasteiger partial charge in [0.1, 0.15) is 5.82 Å². The van der Waals surface area contributed by atoms with Crippen molar-refractivity contribution in [2.75, 3.05) is 7.11 Å². The summed E-state index contributed by atoms with van der Waals surface area (Å²) in [6, 6.07) is 9.24. The van der Waals surface area contributed by atoms with Gasteiger partial charge in [-0.3, -0.25) is 0 Å². The van der Waals surface area contributed by atoms with E-state index in [0.29, 0.717) is 13.1 Å². The quantitative estimate of drug-likeness (QED) is 0.774. The second-order valence-corrected chi connectivity index (χ2v) is 5.05. The van der Waals surface area contributed by atoms with Crippen LogP contribution in [0, 0.1) is 5.82 Å². The average molecular weight is 341 g/mol. The van der Waals surface area contributed by atoms with Gasteiger partial charge in [-0.25, -0.2) is 4.39 Å². The van der Waals surface area contributed by atoms with Crippen LogP contribution in [0.4, 0.5) is 13.2 Å². The van der Waals surface area contributed by atoms with E-state index in [4.69, 9.17) is 9.84 Å². The van der Waals surface area contributed by atoms with Crippen molar-refractivity contribution in [2.24, 2.45) is 0 Å². The normalized spacial score (nSPS) is 10.9. The number of methoxy groups -OCH3 is 1. The van der Waals surface area contributed by atoms with E-state index in [1.54, 1.807) is 24.3 Å². The second-order valence-electron chi connectivity index (χ2n) is 5.05. The Morgan fingerprint density at radius 2 is 1.71 bits per heavy atom. The Bertz CT molecular complexity index is 680. The summed E-state index contributed by atoms with van der Waals surface area (Å²) in [5.41, 5.74) is 1.76. The lowest BCUT2D eigenvalue weighted by atomic mass is 10.1. The Morgan fingerprint density at radius 3 is 2.33 bits per heavy atom. The first-order valence-corrected chi connectivity index (χ1v) is 7.24. The number of halogens is 3. The van der Waals surface area contributed by atoms with E-state index in [1.165, 1.54) is 19.2 Å². The van der Waals surface area contributed by atoms with Crippen LogP contribution in [-0.2, 0) is 19.7 Å². The maximum atomic E-state index is 13.3. The maximum Gasteiger partial charge on any atom is 0.387 e. The number of alkyl halides is 2. The van der Waals surface area contributed by atoms with Crippen molar-refractivity contribution in [1.29, 1.82) is 0 Å². The number of benzene rings is 2. The molecule has 4 nitrogen and oxygen atoms in total. The van der Waals surface area contributed by atoms with Crippen LogP contribution in [0.3, 0.4) is 0 Å². The SMILES string of the molecule is COc1ccc(CNCc2ccc(F)c(CO)c2)cc1OC(F)F. The number of hydrogen-bond acceptors (Lipinski definition) is 4. The summed E-state index contributed by atoms with van der Waals surface area (Å²) >= 11 is 0. The van der Waals surface area contributed by atoms with Crippen LogP contribution in [0.2, 0.25) is 0 Å². The van der Waals surface area contributed by atoms with E-state index >= 15 is 0 Å². The minimum Gasteiger partial charge on any atom is -0.493 e. The zero-order valence-corrected chi connectivity index (χ0v) is 13.1. The van der Waals surface area contributed by atoms with Crippen LogP contribution >= 0.6 is 0 Å². The minimum atomic E-state index is -2.93. The van der Waals surface area contributed by atoms with Crippen molar-refractivity contribution in [3.05, 3.63) is 58.9 Å². The topological polar surface area (TPSA) is 50.7 Å². The van der Waals surface area contributed by atoms with E-state index in [9.17, 15) is 13.2 Å². The van der Waals surface area contributed by atoms with Crippen molar-refractivity contribution in [3.63, 3.8) is 0 Å². The summed E-state index contributed by atoms with van der Waals surface area (Å²) in [5.74, 6) is -0.258. The summed E-state index contributed by atoms with van der Waals surface area (Å²) in [5, 5.41) is 12.2. The zero-order chi connectivity index (χ0) is 17.5. The molecule has 0 radical (unpaired) electrons. The second kappa shape index (κ2) is 8.56. The molecular formula is C17H18F3NO3. The van der Waals surface area contributed by atoms with Gasteiger partial charge in [0, 0.05) is 18.7 Å². The fourth-order valence-corrected chi connectivity index (χ4v) is 2.23. The number of hydrogen-bond donors (Lipinski definition) is 2. The van der Waals surface area contributed by atoms with Crippen molar-refractivity contribution in [2.45, 2.75) is 26.3 Å². The van der Waals surface area contributed by atoms with Gasteiger partial charge in [0.15, 0.2) is 11.5 Å². The van der Waals surface area contributed by atoms with Crippen LogP contribution in [-0.4, -0.2) is 18.8 Å². The minimum absolute atomic E-state index is 0.0313. The molecule has 2 aromatic rings. The largest absolute Gasteiger partial charge is 0.493 e. The molecule has 2 aromatic carbocycles. The molecule has 0 aliphatic rings. The summed E-state index contributed by atoms with van der Waals surface area (Å²) in [6.45, 7) is -2.47. The number of aliphatic hydroxyl groups is 1. The summed E-state index contributed by atoms with van der Waals surface area (Å²) in [4.78, 5) is 0. The summed E-state index contributed by atoms with van der Waals surface area (Å²) < 4.78 is 47.5. The van der Waals surface area contributed by atoms with Crippen LogP contribution in [0.1, 0.15) is 16.7 Å². The fraction of sp³-hybridized carbons (Fsp3) is 0.294. The van der Waals surface area contributed by atoms with Gasteiger partial charge < -0.3 is 19.9 Å². The smallest absolute Gasteiger partial charge is 0.387 e. The van der Waals surface area contributed by atoms with Crippen LogP contribution < -0.4 is 14.8 Å². The molecule has 24 heavy (non-hydrogen) atoms. The summed E-state index contributed by atoms with van der Waals surface area (Å²) in [6.07, 6.45) is 0. The van der Waals surface area contributed by atoms with Gasteiger partial charge in [0.25, 0.3) is 0 Å². The van der Waals surface area contributed by atoms with E-state index < -0.39 is 12.4 Å². The third-order valence-electron chi connectivity index (χ3n) is 3.38. The van der Waals surface area contributed by atoms with Gasteiger partial charge in [-0.05, 0) is 35.4 Å². The third-order valence-corrected chi connectivity index (χ3v) is 3.38. The Balaban J connectivity index is 1.99. The molecule has 7 heteroatoms. The first-order valence-electron chi connectivity index (χ1n) is 7.24. The lowest BCUT2D eigenvalue weighted by Crippen LogP contribution is -2.13. The molecule has 0 aromatic heterocycles. The molecular weight excluding hydrogens is 323 g/mol. The first-order chi connectivity index (χ1) is 11.5. The van der Waals surface area contributed by atoms with Crippen molar-refractivity contribution in [1.82, 2.24) is 5.32 Å². The Kier molecular flexibility index (Phi) is 6.45. The molecule has 0 atom stereocenters. The maximum absolute atomic E-state index is 13.3. The lowest BCUT2D eigenvalue weighted by molar-refractivity contribution is -0.0512. The molecule has 0 heterocycles. The molecule has 130 valence electrons. The van der Waals surface area contributed by atoms with Gasteiger partial charge >= 0.3 is 6.61 Å². The van der Waals surface area contributed by atoms with E-state index in [-0.39, 0.29) is 23.7 Å². The van der Waals surface area contributed by atoms with Gasteiger partial charge in [-0.2, -0.15) is 8.78 Å². The first kappa shape index (κ1) is 18.1. The predicted molar refractivity (Wildman–Crippen MR) is 82.5 cm³/mol. The average Bonchev–Trinajstić information content (AvgIpc) is 2.56. The molecule has 0 fully saturated rings. The van der Waals surface area contributed by atoms with E-state index in [0.717, 1.165) is 11.1 Å². The zero-order valence-electron chi connectivity index (χ0n) is 13.1. The highest BCUT2D eigenvalue weighted by Gasteiger charge is 2.11. The van der Waals surface area contributed by atoms with Crippen LogP contribution in [0.5, 0.6) is 11.5 Å². The van der Waals surface area contributed by atoms with E-state index in [2.05, 4.69) is 10.1 Å². The molecule has 0 aliphatic carbocycles. The Labute approximate surface area is 137 Å². The highest BCUT2D eigenvalue weighted by molar-refractivity contribution is 5.43. The monoisotopic (exact) mass is 341 g/mol. The molecule has 0 saturated carbocycles. The number of rotatable bonds is 8. The van der Waals surface area contributed by atoms with E-state index in [1.807, 2.05) is 0 Å². The Hall–Kier alpha value is -2.25. The van der Waals surface area contributed by atoms with Gasteiger partial charge in [-0.15, -0.1) is 0 Å². The molecule has 0 amide bonds. The van der Waals surface area contributed by atoms with Gasteiger partial charge in [0.2, 0.25) is 0 Å². The van der Waals surface area contributed by atoms with Crippen molar-refractivity contribution >= 4 is 0 Å². The highest BCUT2D eigenvalue weighted by atomic mass is 19.3. The standard InChI is InChI=1S/C17H18F3NO3/c1-23-15-5-3-12(7-16(15)24-17(19)20)9-21-8-11-2-4-14(18)13(6-11)10-22/h2-7,17,21-22H,8-10H2,1H3. The highest BCUT2D eigenvalue weighted by Crippen LogP contribution is 2.29.